The largest absolute Gasteiger partial charge is 0.455 e. The molecule has 0 bridgehead atoms. The van der Waals surface area contributed by atoms with Crippen LogP contribution < -0.4 is 4.90 Å². The molecule has 9 aromatic rings. The zero-order chi connectivity index (χ0) is 34.4. The first-order chi connectivity index (χ1) is 25.7. The molecule has 0 aliphatic carbocycles. The van der Waals surface area contributed by atoms with Crippen LogP contribution in [-0.2, 0) is 13.1 Å². The molecule has 0 saturated carbocycles. The summed E-state index contributed by atoms with van der Waals surface area (Å²) >= 11 is 0. The highest BCUT2D eigenvalue weighted by atomic mass is 16.3. The molecule has 4 heterocycles. The molecule has 0 saturated heterocycles. The molecule has 6 aromatic carbocycles. The minimum atomic E-state index is 0.786. The summed E-state index contributed by atoms with van der Waals surface area (Å²) in [7, 11) is 0. The number of fused-ring (bicyclic) bond motifs is 6. The highest BCUT2D eigenvalue weighted by Crippen LogP contribution is 2.42. The SMILES string of the molecule is c1ccc(N2Cc3cc(-c4cc(-c5cccnc5)cc(-c5cccnc5)c4)ccc3-c3cc(-c4cccc5c4oc4ccccc45)ccc3C2)cc1. The summed E-state index contributed by atoms with van der Waals surface area (Å²) in [5.74, 6) is 0. The van der Waals surface area contributed by atoms with Crippen LogP contribution in [0.2, 0.25) is 0 Å². The van der Waals surface area contributed by atoms with Crippen LogP contribution in [0.5, 0.6) is 0 Å². The number of benzene rings is 6. The summed E-state index contributed by atoms with van der Waals surface area (Å²) in [6.45, 7) is 1.59. The molecular formula is C48H33N3O. The quantitative estimate of drug-likeness (QED) is 0.183. The molecule has 0 unspecified atom stereocenters. The van der Waals surface area contributed by atoms with Gasteiger partial charge in [-0.3, -0.25) is 9.97 Å². The molecule has 52 heavy (non-hydrogen) atoms. The lowest BCUT2D eigenvalue weighted by Gasteiger charge is -2.24. The monoisotopic (exact) mass is 667 g/mol. The Morgan fingerprint density at radius 3 is 1.85 bits per heavy atom. The predicted octanol–water partition coefficient (Wildman–Crippen LogP) is 12.2. The zero-order valence-corrected chi connectivity index (χ0v) is 28.4. The number of rotatable bonds is 5. The predicted molar refractivity (Wildman–Crippen MR) is 213 cm³/mol. The molecule has 0 atom stereocenters. The fraction of sp³-hybridized carbons (Fsp3) is 0.0417. The molecule has 10 rings (SSSR count). The van der Waals surface area contributed by atoms with Gasteiger partial charge >= 0.3 is 0 Å². The summed E-state index contributed by atoms with van der Waals surface area (Å²) in [6.07, 6.45) is 7.50. The van der Waals surface area contributed by atoms with Crippen molar-refractivity contribution in [3.63, 3.8) is 0 Å². The van der Waals surface area contributed by atoms with Gasteiger partial charge in [-0.2, -0.15) is 0 Å². The molecule has 1 aliphatic rings. The average Bonchev–Trinajstić information content (AvgIpc) is 3.52. The van der Waals surface area contributed by atoms with Crippen molar-refractivity contribution in [3.8, 4) is 55.6 Å². The molecule has 0 spiro atoms. The summed E-state index contributed by atoms with van der Waals surface area (Å²) in [5, 5.41) is 2.28. The second-order valence-electron chi connectivity index (χ2n) is 13.5. The first-order valence-corrected chi connectivity index (χ1v) is 17.7. The Kier molecular flexibility index (Phi) is 7.24. The average molecular weight is 668 g/mol. The number of furan rings is 1. The Balaban J connectivity index is 1.14. The second kappa shape index (κ2) is 12.5. The molecule has 0 N–H and O–H groups in total. The van der Waals surface area contributed by atoms with Gasteiger partial charge in [0.15, 0.2) is 0 Å². The van der Waals surface area contributed by atoms with Crippen molar-refractivity contribution >= 4 is 27.6 Å². The van der Waals surface area contributed by atoms with Crippen molar-refractivity contribution in [2.24, 2.45) is 0 Å². The third kappa shape index (κ3) is 5.33. The summed E-state index contributed by atoms with van der Waals surface area (Å²) < 4.78 is 6.48. The molecule has 4 heteroatoms. The van der Waals surface area contributed by atoms with E-state index < -0.39 is 0 Å². The minimum absolute atomic E-state index is 0.786. The third-order valence-electron chi connectivity index (χ3n) is 10.3. The van der Waals surface area contributed by atoms with E-state index in [1.165, 1.54) is 33.5 Å². The van der Waals surface area contributed by atoms with Crippen molar-refractivity contribution in [2.45, 2.75) is 13.1 Å². The van der Waals surface area contributed by atoms with Crippen molar-refractivity contribution in [3.05, 3.63) is 188 Å². The van der Waals surface area contributed by atoms with Gasteiger partial charge < -0.3 is 9.32 Å². The number of hydrogen-bond donors (Lipinski definition) is 0. The number of anilines is 1. The highest BCUT2D eigenvalue weighted by Gasteiger charge is 2.22. The molecule has 4 nitrogen and oxygen atoms in total. The summed E-state index contributed by atoms with van der Waals surface area (Å²) in [5.41, 5.74) is 17.2. The van der Waals surface area contributed by atoms with Gasteiger partial charge in [0.1, 0.15) is 11.2 Å². The van der Waals surface area contributed by atoms with Crippen LogP contribution in [0.15, 0.2) is 181 Å². The van der Waals surface area contributed by atoms with Crippen LogP contribution in [0.25, 0.3) is 77.6 Å². The lowest BCUT2D eigenvalue weighted by molar-refractivity contribution is 0.670. The van der Waals surface area contributed by atoms with E-state index >= 15 is 0 Å². The van der Waals surface area contributed by atoms with Crippen LogP contribution in [0.4, 0.5) is 5.69 Å². The Morgan fingerprint density at radius 2 is 1.10 bits per heavy atom. The topological polar surface area (TPSA) is 42.2 Å². The van der Waals surface area contributed by atoms with E-state index in [1.54, 1.807) is 0 Å². The van der Waals surface area contributed by atoms with E-state index in [0.29, 0.717) is 0 Å². The van der Waals surface area contributed by atoms with Gasteiger partial charge in [0.2, 0.25) is 0 Å². The minimum Gasteiger partial charge on any atom is -0.455 e. The molecule has 0 amide bonds. The van der Waals surface area contributed by atoms with Crippen LogP contribution in [-0.4, -0.2) is 9.97 Å². The number of para-hydroxylation sites is 3. The van der Waals surface area contributed by atoms with E-state index in [2.05, 4.69) is 142 Å². The van der Waals surface area contributed by atoms with Gasteiger partial charge in [0, 0.05) is 71.0 Å². The Hall–Kier alpha value is -6.78. The van der Waals surface area contributed by atoms with Crippen LogP contribution >= 0.6 is 0 Å². The van der Waals surface area contributed by atoms with Gasteiger partial charge in [0.25, 0.3) is 0 Å². The van der Waals surface area contributed by atoms with Gasteiger partial charge in [-0.25, -0.2) is 0 Å². The first-order valence-electron chi connectivity index (χ1n) is 17.7. The van der Waals surface area contributed by atoms with E-state index in [-0.39, 0.29) is 0 Å². The first kappa shape index (κ1) is 30.1. The van der Waals surface area contributed by atoms with Crippen LogP contribution in [0.1, 0.15) is 11.1 Å². The molecular weight excluding hydrogens is 635 g/mol. The van der Waals surface area contributed by atoms with E-state index in [0.717, 1.165) is 74.0 Å². The third-order valence-corrected chi connectivity index (χ3v) is 10.3. The molecule has 246 valence electrons. The van der Waals surface area contributed by atoms with Gasteiger partial charge in [-0.15, -0.1) is 0 Å². The van der Waals surface area contributed by atoms with Crippen LogP contribution in [0.3, 0.4) is 0 Å². The van der Waals surface area contributed by atoms with Crippen LogP contribution in [0, 0.1) is 0 Å². The molecule has 1 aliphatic heterocycles. The van der Waals surface area contributed by atoms with Gasteiger partial charge in [-0.1, -0.05) is 91.0 Å². The maximum atomic E-state index is 6.48. The Morgan fingerprint density at radius 1 is 0.423 bits per heavy atom. The van der Waals surface area contributed by atoms with Crippen molar-refractivity contribution in [1.29, 1.82) is 0 Å². The summed E-state index contributed by atoms with van der Waals surface area (Å²) in [6, 6.07) is 54.5. The fourth-order valence-electron chi connectivity index (χ4n) is 7.76. The molecule has 0 fully saturated rings. The van der Waals surface area contributed by atoms with Crippen molar-refractivity contribution in [1.82, 2.24) is 9.97 Å². The highest BCUT2D eigenvalue weighted by molar-refractivity contribution is 6.09. The van der Waals surface area contributed by atoms with Gasteiger partial charge in [0.05, 0.1) is 0 Å². The van der Waals surface area contributed by atoms with E-state index in [4.69, 9.17) is 4.42 Å². The van der Waals surface area contributed by atoms with E-state index in [1.807, 2.05) is 49.1 Å². The molecule has 0 radical (unpaired) electrons. The Labute approximate surface area is 302 Å². The number of nitrogens with zero attached hydrogens (tertiary/aromatic N) is 3. The van der Waals surface area contributed by atoms with Crippen molar-refractivity contribution < 1.29 is 4.42 Å². The zero-order valence-electron chi connectivity index (χ0n) is 28.4. The van der Waals surface area contributed by atoms with E-state index in [9.17, 15) is 0 Å². The Bertz CT molecular complexity index is 2680. The standard InChI is InChI=1S/C48H33N3O/c1-2-11-41(12-3-1)51-30-36-18-17-33(43-14-6-15-45-44-13-4-5-16-47(44)52-48(43)45)27-46(36)42-20-19-32(23-40(42)31-51)37-24-38(34-9-7-21-49-28-34)26-39(25-37)35-10-8-22-50-29-35/h1-29H,30-31H2. The summed E-state index contributed by atoms with van der Waals surface area (Å²) in [4.78, 5) is 11.3. The van der Waals surface area contributed by atoms with Gasteiger partial charge in [-0.05, 0) is 111 Å². The molecule has 3 aromatic heterocycles. The number of hydrogen-bond acceptors (Lipinski definition) is 4. The number of pyridine rings is 2. The maximum absolute atomic E-state index is 6.48. The normalized spacial score (nSPS) is 12.4. The maximum Gasteiger partial charge on any atom is 0.143 e. The number of aromatic nitrogens is 2. The van der Waals surface area contributed by atoms with Crippen molar-refractivity contribution in [2.75, 3.05) is 4.90 Å². The fourth-order valence-corrected chi connectivity index (χ4v) is 7.76. The smallest absolute Gasteiger partial charge is 0.143 e. The lowest BCUT2D eigenvalue weighted by Crippen LogP contribution is -2.20. The lowest BCUT2D eigenvalue weighted by atomic mass is 9.89. The second-order valence-corrected chi connectivity index (χ2v) is 13.5.